The summed E-state index contributed by atoms with van der Waals surface area (Å²) in [5, 5.41) is 9.65. The predicted molar refractivity (Wildman–Crippen MR) is 119 cm³/mol. The minimum absolute atomic E-state index is 0.139. The summed E-state index contributed by atoms with van der Waals surface area (Å²) in [5.41, 5.74) is 1.67. The molecule has 1 aromatic carbocycles. The summed E-state index contributed by atoms with van der Waals surface area (Å²) >= 11 is 0. The van der Waals surface area contributed by atoms with Gasteiger partial charge in [0.05, 0.1) is 24.9 Å². The van der Waals surface area contributed by atoms with Gasteiger partial charge >= 0.3 is 0 Å². The van der Waals surface area contributed by atoms with Crippen LogP contribution in [0.25, 0.3) is 0 Å². The molecule has 8 heteroatoms. The van der Waals surface area contributed by atoms with E-state index >= 15 is 0 Å². The van der Waals surface area contributed by atoms with E-state index in [0.29, 0.717) is 18.7 Å². The first-order chi connectivity index (χ1) is 14.7. The lowest BCUT2D eigenvalue weighted by atomic mass is 10.2. The van der Waals surface area contributed by atoms with E-state index in [1.807, 2.05) is 25.1 Å². The van der Waals surface area contributed by atoms with E-state index in [0.717, 1.165) is 43.5 Å². The van der Waals surface area contributed by atoms with Crippen molar-refractivity contribution in [2.45, 2.75) is 19.4 Å². The summed E-state index contributed by atoms with van der Waals surface area (Å²) in [6, 6.07) is 11.9. The average Bonchev–Trinajstić information content (AvgIpc) is 3.25. The maximum Gasteiger partial charge on any atom is 0.252 e. The monoisotopic (exact) mass is 410 g/mol. The molecule has 1 saturated heterocycles. The van der Waals surface area contributed by atoms with Crippen LogP contribution in [0.15, 0.2) is 53.8 Å². The van der Waals surface area contributed by atoms with Gasteiger partial charge < -0.3 is 25.6 Å². The number of benzene rings is 1. The molecule has 2 aromatic rings. The molecule has 1 aliphatic heterocycles. The highest BCUT2D eigenvalue weighted by Crippen LogP contribution is 2.30. The number of methoxy groups -OCH3 is 1. The Hall–Kier alpha value is -3.29. The first-order valence-electron chi connectivity index (χ1n) is 10.3. The topological polar surface area (TPSA) is 90.9 Å². The SMILES string of the molecule is CCNC(=NCCNC(=O)c1cccnc1)NC1CCN(c2ccccc2OC)C1. The minimum Gasteiger partial charge on any atom is -0.495 e. The zero-order chi connectivity index (χ0) is 21.2. The van der Waals surface area contributed by atoms with Gasteiger partial charge in [0, 0.05) is 44.6 Å². The summed E-state index contributed by atoms with van der Waals surface area (Å²) in [6.45, 7) is 5.60. The minimum atomic E-state index is -0.139. The number of anilines is 1. The molecule has 1 aliphatic rings. The molecule has 0 aliphatic carbocycles. The van der Waals surface area contributed by atoms with Crippen molar-refractivity contribution >= 4 is 17.6 Å². The Bertz CT molecular complexity index is 843. The third-order valence-corrected chi connectivity index (χ3v) is 4.89. The lowest BCUT2D eigenvalue weighted by Gasteiger charge is -2.22. The molecule has 8 nitrogen and oxygen atoms in total. The highest BCUT2D eigenvalue weighted by molar-refractivity contribution is 5.93. The van der Waals surface area contributed by atoms with Crippen LogP contribution < -0.4 is 25.6 Å². The fourth-order valence-corrected chi connectivity index (χ4v) is 3.44. The van der Waals surface area contributed by atoms with Crippen molar-refractivity contribution in [1.82, 2.24) is 20.9 Å². The molecule has 1 aromatic heterocycles. The Balaban J connectivity index is 1.49. The van der Waals surface area contributed by atoms with Crippen LogP contribution in [-0.4, -0.2) is 62.7 Å². The molecule has 1 fully saturated rings. The molecule has 0 spiro atoms. The molecule has 0 radical (unpaired) electrons. The van der Waals surface area contributed by atoms with Crippen molar-refractivity contribution < 1.29 is 9.53 Å². The zero-order valence-electron chi connectivity index (χ0n) is 17.6. The average molecular weight is 411 g/mol. The normalized spacial score (nSPS) is 16.3. The number of nitrogens with zero attached hydrogens (tertiary/aromatic N) is 3. The standard InChI is InChI=1S/C22H30N6O2/c1-3-24-22(26-13-12-25-21(29)17-7-6-11-23-15-17)27-18-10-14-28(16-18)19-8-4-5-9-20(19)30-2/h4-9,11,15,18H,3,10,12-14,16H2,1-2H3,(H,25,29)(H2,24,26,27). The quantitative estimate of drug-likeness (QED) is 0.348. The van der Waals surface area contributed by atoms with Gasteiger partial charge in [0.1, 0.15) is 5.75 Å². The maximum absolute atomic E-state index is 12.1. The molecule has 160 valence electrons. The second-order valence-electron chi connectivity index (χ2n) is 7.01. The van der Waals surface area contributed by atoms with Gasteiger partial charge in [-0.25, -0.2) is 0 Å². The van der Waals surface area contributed by atoms with Crippen LogP contribution in [0.5, 0.6) is 5.75 Å². The summed E-state index contributed by atoms with van der Waals surface area (Å²) < 4.78 is 5.49. The summed E-state index contributed by atoms with van der Waals surface area (Å²) in [5.74, 6) is 1.52. The van der Waals surface area contributed by atoms with E-state index in [2.05, 4.69) is 36.9 Å². The van der Waals surface area contributed by atoms with Crippen LogP contribution in [-0.2, 0) is 0 Å². The summed E-state index contributed by atoms with van der Waals surface area (Å²) in [4.78, 5) is 23.0. The molecule has 1 amide bonds. The molecule has 1 atom stereocenters. The number of carbonyl (C=O) groups is 1. The van der Waals surface area contributed by atoms with Gasteiger partial charge in [0.2, 0.25) is 0 Å². The number of pyridine rings is 1. The zero-order valence-corrected chi connectivity index (χ0v) is 17.6. The van der Waals surface area contributed by atoms with Crippen molar-refractivity contribution in [2.75, 3.05) is 44.7 Å². The number of amides is 1. The van der Waals surface area contributed by atoms with Crippen molar-refractivity contribution in [3.8, 4) is 5.75 Å². The van der Waals surface area contributed by atoms with Gasteiger partial charge in [-0.1, -0.05) is 12.1 Å². The van der Waals surface area contributed by atoms with E-state index in [1.54, 1.807) is 31.6 Å². The Labute approximate surface area is 177 Å². The van der Waals surface area contributed by atoms with Crippen molar-refractivity contribution in [1.29, 1.82) is 0 Å². The predicted octanol–water partition coefficient (Wildman–Crippen LogP) is 1.65. The molecular weight excluding hydrogens is 380 g/mol. The highest BCUT2D eigenvalue weighted by atomic mass is 16.5. The van der Waals surface area contributed by atoms with Gasteiger partial charge in [-0.2, -0.15) is 0 Å². The van der Waals surface area contributed by atoms with E-state index in [9.17, 15) is 4.79 Å². The van der Waals surface area contributed by atoms with E-state index in [-0.39, 0.29) is 11.9 Å². The molecular formula is C22H30N6O2. The lowest BCUT2D eigenvalue weighted by Crippen LogP contribution is -2.45. The van der Waals surface area contributed by atoms with Gasteiger partial charge in [-0.15, -0.1) is 0 Å². The third kappa shape index (κ3) is 5.85. The van der Waals surface area contributed by atoms with Crippen LogP contribution >= 0.6 is 0 Å². The fourth-order valence-electron chi connectivity index (χ4n) is 3.44. The van der Waals surface area contributed by atoms with Gasteiger partial charge in [0.25, 0.3) is 5.91 Å². The first-order valence-corrected chi connectivity index (χ1v) is 10.3. The van der Waals surface area contributed by atoms with Crippen molar-refractivity contribution in [2.24, 2.45) is 4.99 Å². The Morgan fingerprint density at radius 3 is 2.90 bits per heavy atom. The lowest BCUT2D eigenvalue weighted by molar-refractivity contribution is 0.0954. The van der Waals surface area contributed by atoms with E-state index in [1.165, 1.54) is 0 Å². The molecule has 2 heterocycles. The number of guanidine groups is 1. The van der Waals surface area contributed by atoms with Gasteiger partial charge in [-0.3, -0.25) is 14.8 Å². The van der Waals surface area contributed by atoms with Gasteiger partial charge in [0.15, 0.2) is 5.96 Å². The number of para-hydroxylation sites is 2. The number of carbonyl (C=O) groups excluding carboxylic acids is 1. The number of hydrogen-bond donors (Lipinski definition) is 3. The number of nitrogens with one attached hydrogen (secondary N) is 3. The van der Waals surface area contributed by atoms with Crippen LogP contribution in [0.1, 0.15) is 23.7 Å². The second-order valence-corrected chi connectivity index (χ2v) is 7.01. The summed E-state index contributed by atoms with van der Waals surface area (Å²) in [7, 11) is 1.70. The van der Waals surface area contributed by atoms with Gasteiger partial charge in [-0.05, 0) is 37.6 Å². The fraction of sp³-hybridized carbons (Fsp3) is 0.409. The van der Waals surface area contributed by atoms with E-state index < -0.39 is 0 Å². The molecule has 3 N–H and O–H groups in total. The van der Waals surface area contributed by atoms with Crippen molar-refractivity contribution in [3.05, 3.63) is 54.4 Å². The number of hydrogen-bond acceptors (Lipinski definition) is 5. The highest BCUT2D eigenvalue weighted by Gasteiger charge is 2.25. The first kappa shape index (κ1) is 21.4. The second kappa shape index (κ2) is 11.0. The van der Waals surface area contributed by atoms with Crippen molar-refractivity contribution in [3.63, 3.8) is 0 Å². The third-order valence-electron chi connectivity index (χ3n) is 4.89. The van der Waals surface area contributed by atoms with Crippen LogP contribution in [0.4, 0.5) is 5.69 Å². The molecule has 30 heavy (non-hydrogen) atoms. The number of rotatable bonds is 8. The number of aromatic nitrogens is 1. The molecule has 0 bridgehead atoms. The largest absolute Gasteiger partial charge is 0.495 e. The Kier molecular flexibility index (Phi) is 7.88. The number of aliphatic imine (C=N–C) groups is 1. The number of ether oxygens (including phenoxy) is 1. The Morgan fingerprint density at radius 2 is 2.13 bits per heavy atom. The molecule has 1 unspecified atom stereocenters. The van der Waals surface area contributed by atoms with Crippen LogP contribution in [0.3, 0.4) is 0 Å². The smallest absolute Gasteiger partial charge is 0.252 e. The Morgan fingerprint density at radius 1 is 1.27 bits per heavy atom. The van der Waals surface area contributed by atoms with Crippen LogP contribution in [0, 0.1) is 0 Å². The molecule has 3 rings (SSSR count). The van der Waals surface area contributed by atoms with E-state index in [4.69, 9.17) is 4.74 Å². The maximum atomic E-state index is 12.1. The summed E-state index contributed by atoms with van der Waals surface area (Å²) in [6.07, 6.45) is 4.21. The molecule has 0 saturated carbocycles. The van der Waals surface area contributed by atoms with Crippen LogP contribution in [0.2, 0.25) is 0 Å².